The number of carbonyl (C=O) groups excluding carboxylic acids is 1. The van der Waals surface area contributed by atoms with Crippen molar-refractivity contribution in [2.75, 3.05) is 26.2 Å². The fourth-order valence-electron chi connectivity index (χ4n) is 3.66. The average Bonchev–Trinajstić information content (AvgIpc) is 3.07. The molecule has 0 atom stereocenters. The molecule has 0 bridgehead atoms. The molecule has 1 aliphatic heterocycles. The standard InChI is InChI=1S/C22H24ClN5O/c1-16-14-17(2)28(25-16)20-9-8-19(23)21(24-20)22(29)27-12-10-26(11-13-27)15-18-6-4-3-5-7-18/h3-9,14H,10-13,15H2,1-2H3. The Bertz CT molecular complexity index is 1010. The Balaban J connectivity index is 1.46. The highest BCUT2D eigenvalue weighted by Gasteiger charge is 2.25. The highest BCUT2D eigenvalue weighted by atomic mass is 35.5. The molecule has 7 heteroatoms. The molecule has 3 aromatic rings. The minimum atomic E-state index is -0.127. The van der Waals surface area contributed by atoms with Gasteiger partial charge in [0.15, 0.2) is 5.82 Å². The van der Waals surface area contributed by atoms with Crippen molar-refractivity contribution in [1.29, 1.82) is 0 Å². The Morgan fingerprint density at radius 1 is 1.03 bits per heavy atom. The maximum Gasteiger partial charge on any atom is 0.274 e. The molecule has 1 amide bonds. The summed E-state index contributed by atoms with van der Waals surface area (Å²) in [5.74, 6) is 0.476. The first-order chi connectivity index (χ1) is 14.0. The van der Waals surface area contributed by atoms with E-state index in [1.807, 2.05) is 30.9 Å². The third-order valence-electron chi connectivity index (χ3n) is 5.17. The number of nitrogens with zero attached hydrogens (tertiary/aromatic N) is 5. The van der Waals surface area contributed by atoms with Crippen LogP contribution in [0.5, 0.6) is 0 Å². The highest BCUT2D eigenvalue weighted by molar-refractivity contribution is 6.33. The Morgan fingerprint density at radius 2 is 1.76 bits per heavy atom. The lowest BCUT2D eigenvalue weighted by molar-refractivity contribution is 0.0623. The van der Waals surface area contributed by atoms with Gasteiger partial charge in [0.1, 0.15) is 5.69 Å². The van der Waals surface area contributed by atoms with Gasteiger partial charge in [-0.3, -0.25) is 9.69 Å². The van der Waals surface area contributed by atoms with E-state index in [0.29, 0.717) is 23.9 Å². The second-order valence-corrected chi connectivity index (χ2v) is 7.80. The lowest BCUT2D eigenvalue weighted by atomic mass is 10.2. The van der Waals surface area contributed by atoms with Crippen molar-refractivity contribution in [3.8, 4) is 5.82 Å². The topological polar surface area (TPSA) is 54.3 Å². The first-order valence-electron chi connectivity index (χ1n) is 9.77. The van der Waals surface area contributed by atoms with Crippen LogP contribution >= 0.6 is 11.6 Å². The molecule has 0 spiro atoms. The van der Waals surface area contributed by atoms with Crippen molar-refractivity contribution in [3.05, 3.63) is 76.2 Å². The molecule has 0 unspecified atom stereocenters. The van der Waals surface area contributed by atoms with Gasteiger partial charge in [-0.25, -0.2) is 9.67 Å². The maximum atomic E-state index is 13.1. The van der Waals surface area contributed by atoms with E-state index in [0.717, 1.165) is 31.0 Å². The molecule has 1 fully saturated rings. The second-order valence-electron chi connectivity index (χ2n) is 7.39. The number of amides is 1. The van der Waals surface area contributed by atoms with Gasteiger partial charge in [0, 0.05) is 38.4 Å². The van der Waals surface area contributed by atoms with Crippen LogP contribution in [0.2, 0.25) is 5.02 Å². The van der Waals surface area contributed by atoms with E-state index in [9.17, 15) is 4.79 Å². The lowest BCUT2D eigenvalue weighted by Crippen LogP contribution is -2.48. The largest absolute Gasteiger partial charge is 0.335 e. The summed E-state index contributed by atoms with van der Waals surface area (Å²) in [5, 5.41) is 4.82. The molecular weight excluding hydrogens is 386 g/mol. The summed E-state index contributed by atoms with van der Waals surface area (Å²) < 4.78 is 1.74. The van der Waals surface area contributed by atoms with Gasteiger partial charge in [-0.05, 0) is 37.6 Å². The van der Waals surface area contributed by atoms with Gasteiger partial charge in [-0.2, -0.15) is 5.10 Å². The molecule has 2 aromatic heterocycles. The van der Waals surface area contributed by atoms with E-state index in [4.69, 9.17) is 11.6 Å². The van der Waals surface area contributed by atoms with Crippen molar-refractivity contribution in [2.24, 2.45) is 0 Å². The maximum absolute atomic E-state index is 13.1. The Labute approximate surface area is 175 Å². The third kappa shape index (κ3) is 4.33. The minimum Gasteiger partial charge on any atom is -0.335 e. The van der Waals surface area contributed by atoms with Crippen LogP contribution in [0, 0.1) is 13.8 Å². The minimum absolute atomic E-state index is 0.127. The van der Waals surface area contributed by atoms with E-state index in [-0.39, 0.29) is 11.6 Å². The van der Waals surface area contributed by atoms with Crippen LogP contribution in [-0.2, 0) is 6.54 Å². The van der Waals surface area contributed by atoms with Gasteiger partial charge in [0.05, 0.1) is 10.7 Å². The Morgan fingerprint density at radius 3 is 2.41 bits per heavy atom. The van der Waals surface area contributed by atoms with E-state index in [1.165, 1.54) is 5.56 Å². The molecule has 6 nitrogen and oxygen atoms in total. The van der Waals surface area contributed by atoms with E-state index >= 15 is 0 Å². The number of hydrogen-bond acceptors (Lipinski definition) is 4. The molecule has 0 radical (unpaired) electrons. The number of carbonyl (C=O) groups is 1. The monoisotopic (exact) mass is 409 g/mol. The number of aryl methyl sites for hydroxylation is 2. The summed E-state index contributed by atoms with van der Waals surface area (Å²) in [6.07, 6.45) is 0. The van der Waals surface area contributed by atoms with E-state index in [1.54, 1.807) is 16.8 Å². The first kappa shape index (κ1) is 19.6. The zero-order valence-electron chi connectivity index (χ0n) is 16.7. The van der Waals surface area contributed by atoms with Crippen LogP contribution in [0.25, 0.3) is 5.82 Å². The fourth-order valence-corrected chi connectivity index (χ4v) is 3.85. The molecule has 4 rings (SSSR count). The third-order valence-corrected chi connectivity index (χ3v) is 5.47. The molecule has 1 aliphatic rings. The van der Waals surface area contributed by atoms with Crippen molar-refractivity contribution < 1.29 is 4.79 Å². The number of pyridine rings is 1. The normalized spacial score (nSPS) is 14.9. The van der Waals surface area contributed by atoms with Gasteiger partial charge in [-0.15, -0.1) is 0 Å². The van der Waals surface area contributed by atoms with Crippen molar-refractivity contribution in [3.63, 3.8) is 0 Å². The van der Waals surface area contributed by atoms with Gasteiger partial charge in [0.2, 0.25) is 0 Å². The summed E-state index contributed by atoms with van der Waals surface area (Å²) in [6.45, 7) is 7.77. The van der Waals surface area contributed by atoms with Crippen LogP contribution in [0.3, 0.4) is 0 Å². The second kappa shape index (κ2) is 8.35. The molecule has 3 heterocycles. The summed E-state index contributed by atoms with van der Waals surface area (Å²) in [4.78, 5) is 21.8. The predicted molar refractivity (Wildman–Crippen MR) is 113 cm³/mol. The van der Waals surface area contributed by atoms with Crippen LogP contribution in [0.4, 0.5) is 0 Å². The molecule has 0 N–H and O–H groups in total. The number of aromatic nitrogens is 3. The van der Waals surface area contributed by atoms with Crippen LogP contribution in [0.15, 0.2) is 48.5 Å². The molecule has 29 heavy (non-hydrogen) atoms. The van der Waals surface area contributed by atoms with Gasteiger partial charge in [0.25, 0.3) is 5.91 Å². The number of benzene rings is 1. The van der Waals surface area contributed by atoms with Crippen LogP contribution in [-0.4, -0.2) is 56.7 Å². The number of halogens is 1. The van der Waals surface area contributed by atoms with Gasteiger partial charge in [-0.1, -0.05) is 41.9 Å². The number of hydrogen-bond donors (Lipinski definition) is 0. The molecular formula is C22H24ClN5O. The lowest BCUT2D eigenvalue weighted by Gasteiger charge is -2.34. The van der Waals surface area contributed by atoms with Crippen LogP contribution < -0.4 is 0 Å². The summed E-state index contributed by atoms with van der Waals surface area (Å²) in [6, 6.07) is 15.9. The summed E-state index contributed by atoms with van der Waals surface area (Å²) >= 11 is 6.33. The molecule has 1 aromatic carbocycles. The molecule has 1 saturated heterocycles. The van der Waals surface area contributed by atoms with Crippen molar-refractivity contribution in [2.45, 2.75) is 20.4 Å². The van der Waals surface area contributed by atoms with Crippen LogP contribution in [0.1, 0.15) is 27.4 Å². The Kier molecular flexibility index (Phi) is 5.65. The fraction of sp³-hybridized carbons (Fsp3) is 0.318. The van der Waals surface area contributed by atoms with Crippen molar-refractivity contribution >= 4 is 17.5 Å². The summed E-state index contributed by atoms with van der Waals surface area (Å²) in [7, 11) is 0. The number of rotatable bonds is 4. The average molecular weight is 410 g/mol. The molecule has 150 valence electrons. The predicted octanol–water partition coefficient (Wildman–Crippen LogP) is 3.50. The van der Waals surface area contributed by atoms with Crippen molar-refractivity contribution in [1.82, 2.24) is 24.6 Å². The zero-order chi connectivity index (χ0) is 20.4. The van der Waals surface area contributed by atoms with Gasteiger partial charge >= 0.3 is 0 Å². The van der Waals surface area contributed by atoms with E-state index < -0.39 is 0 Å². The zero-order valence-corrected chi connectivity index (χ0v) is 17.4. The first-order valence-corrected chi connectivity index (χ1v) is 10.1. The quantitative estimate of drug-likeness (QED) is 0.661. The number of piperazine rings is 1. The summed E-state index contributed by atoms with van der Waals surface area (Å²) in [5.41, 5.74) is 3.44. The SMILES string of the molecule is Cc1cc(C)n(-c2ccc(Cl)c(C(=O)N3CCN(Cc4ccccc4)CC3)n2)n1. The molecule has 0 saturated carbocycles. The highest BCUT2D eigenvalue weighted by Crippen LogP contribution is 2.20. The van der Waals surface area contributed by atoms with Gasteiger partial charge < -0.3 is 4.90 Å². The van der Waals surface area contributed by atoms with E-state index in [2.05, 4.69) is 39.2 Å². The molecule has 0 aliphatic carbocycles. The Hall–Kier alpha value is -2.70. The smallest absolute Gasteiger partial charge is 0.274 e.